The maximum atomic E-state index is 10.9. The van der Waals surface area contributed by atoms with E-state index in [1.807, 2.05) is 0 Å². The minimum Gasteiger partial charge on any atom is -0.481 e. The number of aliphatic carboxylic acids is 1. The van der Waals surface area contributed by atoms with E-state index >= 15 is 0 Å². The number of carboxylic acid groups (broad SMARTS) is 1. The standard InChI is InChI=1S/C6H10N2O4/c1-2-3(6(11)12)4(9)5(10)8-7/h3H,2,7H2,1H3,(H,8,10)(H,11,12). The largest absolute Gasteiger partial charge is 0.481 e. The lowest BCUT2D eigenvalue weighted by atomic mass is 10.0. The quantitative estimate of drug-likeness (QED) is 0.160. The molecule has 0 aliphatic heterocycles. The zero-order valence-electron chi connectivity index (χ0n) is 6.53. The third kappa shape index (κ3) is 2.31. The summed E-state index contributed by atoms with van der Waals surface area (Å²) in [7, 11) is 0. The van der Waals surface area contributed by atoms with Gasteiger partial charge in [-0.1, -0.05) is 6.92 Å². The predicted octanol–water partition coefficient (Wildman–Crippen LogP) is -1.34. The van der Waals surface area contributed by atoms with E-state index in [9.17, 15) is 14.4 Å². The second-order valence-corrected chi connectivity index (χ2v) is 2.14. The highest BCUT2D eigenvalue weighted by Crippen LogP contribution is 2.03. The van der Waals surface area contributed by atoms with Gasteiger partial charge in [-0.25, -0.2) is 5.84 Å². The molecule has 0 aliphatic carbocycles. The van der Waals surface area contributed by atoms with Gasteiger partial charge in [0, 0.05) is 0 Å². The Morgan fingerprint density at radius 3 is 2.25 bits per heavy atom. The summed E-state index contributed by atoms with van der Waals surface area (Å²) in [5.74, 6) is -0.0594. The van der Waals surface area contributed by atoms with E-state index in [4.69, 9.17) is 5.11 Å². The fourth-order valence-electron chi connectivity index (χ4n) is 0.702. The van der Waals surface area contributed by atoms with Crippen molar-refractivity contribution in [3.8, 4) is 0 Å². The van der Waals surface area contributed by atoms with Gasteiger partial charge in [0.1, 0.15) is 5.92 Å². The van der Waals surface area contributed by atoms with Gasteiger partial charge in [0.05, 0.1) is 0 Å². The smallest absolute Gasteiger partial charge is 0.314 e. The molecule has 0 bridgehead atoms. The minimum absolute atomic E-state index is 0.0710. The van der Waals surface area contributed by atoms with E-state index in [0.29, 0.717) is 0 Å². The molecule has 0 fully saturated rings. The van der Waals surface area contributed by atoms with Gasteiger partial charge in [-0.05, 0) is 6.42 Å². The van der Waals surface area contributed by atoms with Crippen LogP contribution in [0.15, 0.2) is 0 Å². The maximum absolute atomic E-state index is 10.9. The van der Waals surface area contributed by atoms with Gasteiger partial charge >= 0.3 is 11.9 Å². The molecule has 0 aromatic carbocycles. The van der Waals surface area contributed by atoms with Crippen LogP contribution in [-0.2, 0) is 14.4 Å². The van der Waals surface area contributed by atoms with Gasteiger partial charge in [0.25, 0.3) is 0 Å². The lowest BCUT2D eigenvalue weighted by Crippen LogP contribution is -2.41. The highest BCUT2D eigenvalue weighted by molar-refractivity contribution is 6.39. The SMILES string of the molecule is CCC(C(=O)O)C(=O)C(=O)NN. The maximum Gasteiger partial charge on any atom is 0.314 e. The molecular formula is C6H10N2O4. The number of hydrogen-bond acceptors (Lipinski definition) is 4. The summed E-state index contributed by atoms with van der Waals surface area (Å²) in [6.07, 6.45) is 0.0710. The number of hydrazine groups is 1. The molecule has 0 rings (SSSR count). The van der Waals surface area contributed by atoms with E-state index < -0.39 is 23.6 Å². The van der Waals surface area contributed by atoms with Gasteiger partial charge in [0.2, 0.25) is 5.78 Å². The number of carbonyl (C=O) groups is 3. The first kappa shape index (κ1) is 10.6. The monoisotopic (exact) mass is 174 g/mol. The van der Waals surface area contributed by atoms with Crippen molar-refractivity contribution in [2.45, 2.75) is 13.3 Å². The zero-order chi connectivity index (χ0) is 9.72. The lowest BCUT2D eigenvalue weighted by Gasteiger charge is -2.05. The summed E-state index contributed by atoms with van der Waals surface area (Å²) in [5, 5.41) is 8.45. The van der Waals surface area contributed by atoms with Crippen molar-refractivity contribution in [1.29, 1.82) is 0 Å². The van der Waals surface area contributed by atoms with Gasteiger partial charge < -0.3 is 5.11 Å². The van der Waals surface area contributed by atoms with Crippen LogP contribution in [0.25, 0.3) is 0 Å². The summed E-state index contributed by atoms with van der Waals surface area (Å²) in [4.78, 5) is 31.8. The van der Waals surface area contributed by atoms with Crippen molar-refractivity contribution in [2.24, 2.45) is 11.8 Å². The van der Waals surface area contributed by atoms with Crippen LogP contribution in [0, 0.1) is 5.92 Å². The molecule has 0 radical (unpaired) electrons. The molecule has 0 saturated heterocycles. The van der Waals surface area contributed by atoms with Crippen LogP contribution in [0.1, 0.15) is 13.3 Å². The van der Waals surface area contributed by atoms with Crippen LogP contribution in [0.2, 0.25) is 0 Å². The number of ketones is 1. The first-order valence-electron chi connectivity index (χ1n) is 3.32. The molecule has 0 spiro atoms. The number of rotatable bonds is 4. The number of amides is 1. The minimum atomic E-state index is -1.31. The average Bonchev–Trinajstić information content (AvgIpc) is 2.03. The first-order chi connectivity index (χ1) is 5.54. The van der Waals surface area contributed by atoms with E-state index in [-0.39, 0.29) is 6.42 Å². The molecule has 0 saturated carbocycles. The first-order valence-corrected chi connectivity index (χ1v) is 3.32. The van der Waals surface area contributed by atoms with Gasteiger partial charge in [0.15, 0.2) is 0 Å². The molecule has 1 amide bonds. The molecule has 6 nitrogen and oxygen atoms in total. The topological polar surface area (TPSA) is 109 Å². The second-order valence-electron chi connectivity index (χ2n) is 2.14. The fourth-order valence-corrected chi connectivity index (χ4v) is 0.702. The fraction of sp³-hybridized carbons (Fsp3) is 0.500. The number of carbonyl (C=O) groups excluding carboxylic acids is 2. The number of nitrogens with one attached hydrogen (secondary N) is 1. The Kier molecular flexibility index (Phi) is 3.92. The van der Waals surface area contributed by atoms with Crippen molar-refractivity contribution < 1.29 is 19.5 Å². The molecule has 6 heteroatoms. The molecule has 0 aliphatic rings. The van der Waals surface area contributed by atoms with E-state index in [1.54, 1.807) is 5.43 Å². The molecule has 68 valence electrons. The average molecular weight is 174 g/mol. The Hall–Kier alpha value is -1.43. The third-order valence-corrected chi connectivity index (χ3v) is 1.38. The Morgan fingerprint density at radius 2 is 2.00 bits per heavy atom. The Bertz CT molecular complexity index is 214. The van der Waals surface area contributed by atoms with E-state index in [1.165, 1.54) is 6.92 Å². The number of carboxylic acids is 1. The van der Waals surface area contributed by atoms with Crippen molar-refractivity contribution in [3.63, 3.8) is 0 Å². The van der Waals surface area contributed by atoms with Crippen LogP contribution in [0.5, 0.6) is 0 Å². The molecule has 0 heterocycles. The lowest BCUT2D eigenvalue weighted by molar-refractivity contribution is -0.151. The highest BCUT2D eigenvalue weighted by Gasteiger charge is 2.29. The highest BCUT2D eigenvalue weighted by atomic mass is 16.4. The molecule has 0 aromatic heterocycles. The zero-order valence-corrected chi connectivity index (χ0v) is 6.53. The van der Waals surface area contributed by atoms with Crippen molar-refractivity contribution >= 4 is 17.7 Å². The summed E-state index contributed by atoms with van der Waals surface area (Å²) in [6, 6.07) is 0. The number of Topliss-reactive ketones (excluding diaryl/α,β-unsaturated/α-hetero) is 1. The van der Waals surface area contributed by atoms with Gasteiger partial charge in [-0.15, -0.1) is 0 Å². The van der Waals surface area contributed by atoms with Crippen molar-refractivity contribution in [2.75, 3.05) is 0 Å². The van der Waals surface area contributed by atoms with Crippen LogP contribution in [0.4, 0.5) is 0 Å². The van der Waals surface area contributed by atoms with E-state index in [0.717, 1.165) is 0 Å². The Morgan fingerprint density at radius 1 is 1.50 bits per heavy atom. The molecule has 1 atom stereocenters. The van der Waals surface area contributed by atoms with Crippen LogP contribution >= 0.6 is 0 Å². The molecule has 0 aromatic rings. The van der Waals surface area contributed by atoms with Crippen molar-refractivity contribution in [1.82, 2.24) is 5.43 Å². The molecule has 1 unspecified atom stereocenters. The van der Waals surface area contributed by atoms with Crippen LogP contribution in [0.3, 0.4) is 0 Å². The predicted molar refractivity (Wildman–Crippen MR) is 38.8 cm³/mol. The molecule has 4 N–H and O–H groups in total. The third-order valence-electron chi connectivity index (χ3n) is 1.38. The van der Waals surface area contributed by atoms with E-state index in [2.05, 4.69) is 5.84 Å². The summed E-state index contributed by atoms with van der Waals surface area (Å²) in [6.45, 7) is 1.50. The molecular weight excluding hydrogens is 164 g/mol. The second kappa shape index (κ2) is 4.45. The number of hydrogen-bond donors (Lipinski definition) is 3. The normalized spacial score (nSPS) is 11.8. The van der Waals surface area contributed by atoms with Gasteiger partial charge in [-0.2, -0.15) is 0 Å². The Balaban J connectivity index is 4.42. The Labute approximate surface area is 68.7 Å². The van der Waals surface area contributed by atoms with Crippen molar-refractivity contribution in [3.05, 3.63) is 0 Å². The van der Waals surface area contributed by atoms with Crippen LogP contribution in [-0.4, -0.2) is 22.8 Å². The summed E-state index contributed by atoms with van der Waals surface area (Å²) < 4.78 is 0. The summed E-state index contributed by atoms with van der Waals surface area (Å²) >= 11 is 0. The summed E-state index contributed by atoms with van der Waals surface area (Å²) in [5.41, 5.74) is 1.58. The number of nitrogens with two attached hydrogens (primary N) is 1. The van der Waals surface area contributed by atoms with Crippen LogP contribution < -0.4 is 11.3 Å². The van der Waals surface area contributed by atoms with Gasteiger partial charge in [-0.3, -0.25) is 19.8 Å². The molecule has 12 heavy (non-hydrogen) atoms.